The third-order valence-corrected chi connectivity index (χ3v) is 3.53. The summed E-state index contributed by atoms with van der Waals surface area (Å²) in [5, 5.41) is 0.681. The predicted molar refractivity (Wildman–Crippen MR) is 83.3 cm³/mol. The smallest absolute Gasteiger partial charge is 0.115 e. The van der Waals surface area contributed by atoms with Crippen LogP contribution in [0.2, 0.25) is 0 Å². The Morgan fingerprint density at radius 3 is 1.95 bits per heavy atom. The van der Waals surface area contributed by atoms with E-state index in [1.807, 2.05) is 0 Å². The van der Waals surface area contributed by atoms with Crippen molar-refractivity contribution in [2.24, 2.45) is 0 Å². The number of alkyl halides is 1. The molecule has 1 aliphatic heterocycles. The molecule has 20 heavy (non-hydrogen) atoms. The molecule has 0 radical (unpaired) electrons. The van der Waals surface area contributed by atoms with E-state index in [1.165, 1.54) is 0 Å². The summed E-state index contributed by atoms with van der Waals surface area (Å²) in [6, 6.07) is 0. The average Bonchev–Trinajstić information content (AvgIpc) is 2.80. The van der Waals surface area contributed by atoms with Crippen LogP contribution in [0.5, 0.6) is 0 Å². The molecule has 0 N–H and O–H groups in total. The fourth-order valence-corrected chi connectivity index (χ4v) is 2.61. The highest BCUT2D eigenvalue weighted by Crippen LogP contribution is 2.28. The van der Waals surface area contributed by atoms with Gasteiger partial charge in [-0.3, -0.25) is 0 Å². The largest absolute Gasteiger partial charge is 0.375 e. The molecule has 1 saturated heterocycles. The Balaban J connectivity index is 2.67. The molecule has 0 aliphatic carbocycles. The van der Waals surface area contributed by atoms with E-state index in [1.54, 1.807) is 18.2 Å². The van der Waals surface area contributed by atoms with Gasteiger partial charge in [0.2, 0.25) is 0 Å². The Kier molecular flexibility index (Phi) is 9.05. The quantitative estimate of drug-likeness (QED) is 0.327. The summed E-state index contributed by atoms with van der Waals surface area (Å²) in [7, 11) is 0. The maximum absolute atomic E-state index is 5.95. The minimum Gasteiger partial charge on any atom is -0.375 e. The van der Waals surface area contributed by atoms with Crippen LogP contribution in [0, 0.1) is 0 Å². The first kappa shape index (κ1) is 17.6. The Labute approximate surface area is 129 Å². The number of rotatable bonds is 11. The maximum Gasteiger partial charge on any atom is 0.115 e. The van der Waals surface area contributed by atoms with Crippen molar-refractivity contribution in [1.29, 1.82) is 0 Å². The first-order valence-corrected chi connectivity index (χ1v) is 7.75. The first-order valence-electron chi connectivity index (χ1n) is 6.63. The Bertz CT molecular complexity index is 308. The van der Waals surface area contributed by atoms with Gasteiger partial charge in [0.25, 0.3) is 0 Å². The van der Waals surface area contributed by atoms with Crippen LogP contribution in [0.25, 0.3) is 0 Å². The predicted octanol–water partition coefficient (Wildman–Crippen LogP) is 2.49. The van der Waals surface area contributed by atoms with E-state index in [2.05, 4.69) is 35.7 Å². The van der Waals surface area contributed by atoms with Crippen LogP contribution in [-0.4, -0.2) is 56.2 Å². The fraction of sp³-hybridized carbons (Fsp3) is 0.600. The number of hydrogen-bond donors (Lipinski definition) is 0. The summed E-state index contributed by atoms with van der Waals surface area (Å²) in [6.07, 6.45) is 4.59. The summed E-state index contributed by atoms with van der Waals surface area (Å²) in [6.45, 7) is 12.8. The van der Waals surface area contributed by atoms with Crippen molar-refractivity contribution in [2.75, 3.05) is 31.8 Å². The van der Waals surface area contributed by atoms with Crippen LogP contribution in [0.1, 0.15) is 0 Å². The Morgan fingerprint density at radius 1 is 0.900 bits per heavy atom. The van der Waals surface area contributed by atoms with Crippen molar-refractivity contribution < 1.29 is 18.9 Å². The van der Waals surface area contributed by atoms with Gasteiger partial charge in [0.1, 0.15) is 18.3 Å². The first-order chi connectivity index (χ1) is 9.78. The third kappa shape index (κ3) is 5.14. The highest BCUT2D eigenvalue weighted by atomic mass is 79.9. The zero-order valence-electron chi connectivity index (χ0n) is 11.7. The van der Waals surface area contributed by atoms with Gasteiger partial charge < -0.3 is 18.9 Å². The summed E-state index contributed by atoms with van der Waals surface area (Å²) in [5.74, 6) is 0. The molecule has 4 nitrogen and oxygen atoms in total. The van der Waals surface area contributed by atoms with Gasteiger partial charge in [-0.05, 0) is 0 Å². The lowest BCUT2D eigenvalue weighted by atomic mass is 10.1. The molecule has 0 spiro atoms. The van der Waals surface area contributed by atoms with E-state index in [-0.39, 0.29) is 24.4 Å². The standard InChI is InChI=1S/C15H23BrO4/c1-4-7-17-11-13-15(19-9-6-3)14(18-8-5-2)12(10-16)20-13/h4-6,12-15H,1-3,7-11H2/t12-,13+,14-,15-/m1/s1. The van der Waals surface area contributed by atoms with Gasteiger partial charge in [0.05, 0.1) is 32.5 Å². The monoisotopic (exact) mass is 346 g/mol. The van der Waals surface area contributed by atoms with Crippen molar-refractivity contribution in [3.05, 3.63) is 38.0 Å². The molecule has 0 aromatic heterocycles. The van der Waals surface area contributed by atoms with Crippen LogP contribution in [0.15, 0.2) is 38.0 Å². The SMILES string of the molecule is C=CCOC[C@@H]1O[C@H](CBr)[C@@H](OCC=C)[C@@H]1OCC=C. The fourth-order valence-electron chi connectivity index (χ4n) is 2.09. The van der Waals surface area contributed by atoms with Crippen LogP contribution in [0.4, 0.5) is 0 Å². The van der Waals surface area contributed by atoms with E-state index < -0.39 is 0 Å². The molecule has 1 rings (SSSR count). The number of hydrogen-bond acceptors (Lipinski definition) is 4. The van der Waals surface area contributed by atoms with E-state index in [0.717, 1.165) is 0 Å². The van der Waals surface area contributed by atoms with Crippen molar-refractivity contribution in [3.8, 4) is 0 Å². The van der Waals surface area contributed by atoms with Gasteiger partial charge >= 0.3 is 0 Å². The molecule has 0 unspecified atom stereocenters. The number of ether oxygens (including phenoxy) is 4. The molecule has 1 aliphatic rings. The minimum absolute atomic E-state index is 0.0675. The second-order valence-corrected chi connectivity index (χ2v) is 5.01. The average molecular weight is 347 g/mol. The van der Waals surface area contributed by atoms with Crippen LogP contribution >= 0.6 is 15.9 Å². The lowest BCUT2D eigenvalue weighted by Crippen LogP contribution is -2.39. The molecular weight excluding hydrogens is 324 g/mol. The molecule has 0 aromatic rings. The molecule has 0 saturated carbocycles. The molecular formula is C15H23BrO4. The van der Waals surface area contributed by atoms with Gasteiger partial charge in [-0.2, -0.15) is 0 Å². The molecule has 0 amide bonds. The zero-order valence-corrected chi connectivity index (χ0v) is 13.3. The maximum atomic E-state index is 5.95. The topological polar surface area (TPSA) is 36.9 Å². The summed E-state index contributed by atoms with van der Waals surface area (Å²) >= 11 is 3.45. The van der Waals surface area contributed by atoms with E-state index >= 15 is 0 Å². The van der Waals surface area contributed by atoms with Crippen LogP contribution < -0.4 is 0 Å². The molecule has 0 bridgehead atoms. The molecule has 1 fully saturated rings. The third-order valence-electron chi connectivity index (χ3n) is 2.89. The summed E-state index contributed by atoms with van der Waals surface area (Å²) in [5.41, 5.74) is 0. The molecule has 5 heteroatoms. The van der Waals surface area contributed by atoms with Crippen molar-refractivity contribution in [3.63, 3.8) is 0 Å². The highest BCUT2D eigenvalue weighted by Gasteiger charge is 2.45. The van der Waals surface area contributed by atoms with E-state index in [0.29, 0.717) is 31.8 Å². The second kappa shape index (κ2) is 10.3. The molecule has 0 aromatic carbocycles. The van der Waals surface area contributed by atoms with Gasteiger partial charge in [-0.1, -0.05) is 34.2 Å². The minimum atomic E-state index is -0.180. The van der Waals surface area contributed by atoms with E-state index in [9.17, 15) is 0 Å². The van der Waals surface area contributed by atoms with Gasteiger partial charge in [-0.25, -0.2) is 0 Å². The second-order valence-electron chi connectivity index (χ2n) is 4.37. The Morgan fingerprint density at radius 2 is 1.45 bits per heavy atom. The van der Waals surface area contributed by atoms with Gasteiger partial charge in [-0.15, -0.1) is 19.7 Å². The Hall–Kier alpha value is -0.460. The van der Waals surface area contributed by atoms with Gasteiger partial charge in [0, 0.05) is 5.33 Å². The summed E-state index contributed by atoms with van der Waals surface area (Å²) in [4.78, 5) is 0. The van der Waals surface area contributed by atoms with Gasteiger partial charge in [0.15, 0.2) is 0 Å². The van der Waals surface area contributed by atoms with Crippen molar-refractivity contribution >= 4 is 15.9 Å². The van der Waals surface area contributed by atoms with E-state index in [4.69, 9.17) is 18.9 Å². The van der Waals surface area contributed by atoms with Crippen molar-refractivity contribution in [1.82, 2.24) is 0 Å². The van der Waals surface area contributed by atoms with Crippen LogP contribution in [0.3, 0.4) is 0 Å². The lowest BCUT2D eigenvalue weighted by Gasteiger charge is -2.23. The highest BCUT2D eigenvalue weighted by molar-refractivity contribution is 9.09. The molecule has 1 heterocycles. The van der Waals surface area contributed by atoms with Crippen LogP contribution in [-0.2, 0) is 18.9 Å². The molecule has 114 valence electrons. The number of halogens is 1. The normalized spacial score (nSPS) is 29.2. The summed E-state index contributed by atoms with van der Waals surface area (Å²) < 4.78 is 23.0. The molecule has 4 atom stereocenters. The lowest BCUT2D eigenvalue weighted by molar-refractivity contribution is -0.0651. The zero-order chi connectivity index (χ0) is 14.8. The van der Waals surface area contributed by atoms with Crippen molar-refractivity contribution in [2.45, 2.75) is 24.4 Å².